The number of ether oxygens (including phenoxy) is 2. The van der Waals surface area contributed by atoms with Gasteiger partial charge < -0.3 is 19.9 Å². The summed E-state index contributed by atoms with van der Waals surface area (Å²) in [5.74, 6) is 1.35. The number of nitrogens with zero attached hydrogens (tertiary/aromatic N) is 1. The van der Waals surface area contributed by atoms with Crippen molar-refractivity contribution in [2.75, 3.05) is 27.3 Å². The first kappa shape index (κ1) is 20.2. The normalized spacial score (nSPS) is 20.2. The summed E-state index contributed by atoms with van der Waals surface area (Å²) < 4.78 is 10.4. The number of carbonyl (C=O) groups excluding carboxylic acids is 1. The summed E-state index contributed by atoms with van der Waals surface area (Å²) in [7, 11) is 3.25. The SMILES string of the molecule is COc1ccc(C(=O)N[C@@H]2CN(Cc3cccc(OC)c3)CCC[C@H]2O)cc1. The Labute approximate surface area is 166 Å². The van der Waals surface area contributed by atoms with Gasteiger partial charge in [0.15, 0.2) is 0 Å². The van der Waals surface area contributed by atoms with Crippen LogP contribution in [0.4, 0.5) is 0 Å². The molecule has 0 spiro atoms. The minimum atomic E-state index is -0.558. The Bertz CT molecular complexity index is 778. The second-order valence-corrected chi connectivity index (χ2v) is 7.10. The highest BCUT2D eigenvalue weighted by molar-refractivity contribution is 5.94. The lowest BCUT2D eigenvalue weighted by Crippen LogP contribution is -2.48. The van der Waals surface area contributed by atoms with E-state index in [1.807, 2.05) is 18.2 Å². The van der Waals surface area contributed by atoms with Crippen molar-refractivity contribution >= 4 is 5.91 Å². The largest absolute Gasteiger partial charge is 0.497 e. The summed E-state index contributed by atoms with van der Waals surface area (Å²) in [6, 6.07) is 14.6. The summed E-state index contributed by atoms with van der Waals surface area (Å²) >= 11 is 0. The lowest BCUT2D eigenvalue weighted by atomic mass is 10.1. The van der Waals surface area contributed by atoms with Crippen molar-refractivity contribution in [3.05, 3.63) is 59.7 Å². The molecular formula is C22H28N2O4. The van der Waals surface area contributed by atoms with Crippen LogP contribution in [-0.2, 0) is 6.54 Å². The van der Waals surface area contributed by atoms with Crippen molar-refractivity contribution in [1.82, 2.24) is 10.2 Å². The van der Waals surface area contributed by atoms with Gasteiger partial charge in [0.05, 0.1) is 26.4 Å². The van der Waals surface area contributed by atoms with E-state index < -0.39 is 6.10 Å². The third kappa shape index (κ3) is 5.24. The molecule has 2 aromatic carbocycles. The molecule has 1 aliphatic heterocycles. The summed E-state index contributed by atoms with van der Waals surface area (Å²) in [6.07, 6.45) is 1.000. The summed E-state index contributed by atoms with van der Waals surface area (Å²) in [5.41, 5.74) is 1.70. The number of benzene rings is 2. The van der Waals surface area contributed by atoms with Crippen LogP contribution in [0.5, 0.6) is 11.5 Å². The number of rotatable bonds is 6. The maximum Gasteiger partial charge on any atom is 0.251 e. The average molecular weight is 384 g/mol. The second-order valence-electron chi connectivity index (χ2n) is 7.10. The Kier molecular flexibility index (Phi) is 6.90. The van der Waals surface area contributed by atoms with Gasteiger partial charge in [0.2, 0.25) is 0 Å². The second kappa shape index (κ2) is 9.57. The summed E-state index contributed by atoms with van der Waals surface area (Å²) in [6.45, 7) is 2.22. The van der Waals surface area contributed by atoms with Crippen LogP contribution in [-0.4, -0.2) is 55.4 Å². The van der Waals surface area contributed by atoms with Crippen LogP contribution in [0.15, 0.2) is 48.5 Å². The summed E-state index contributed by atoms with van der Waals surface area (Å²) in [4.78, 5) is 14.9. The number of nitrogens with one attached hydrogen (secondary N) is 1. The van der Waals surface area contributed by atoms with Crippen molar-refractivity contribution < 1.29 is 19.4 Å². The van der Waals surface area contributed by atoms with Crippen LogP contribution in [0.1, 0.15) is 28.8 Å². The van der Waals surface area contributed by atoms with E-state index in [0.29, 0.717) is 24.3 Å². The Morgan fingerprint density at radius 2 is 1.89 bits per heavy atom. The molecule has 6 heteroatoms. The molecule has 0 aliphatic carbocycles. The number of methoxy groups -OCH3 is 2. The van der Waals surface area contributed by atoms with E-state index in [0.717, 1.165) is 30.8 Å². The molecule has 2 atom stereocenters. The van der Waals surface area contributed by atoms with Gasteiger partial charge in [-0.15, -0.1) is 0 Å². The fraction of sp³-hybridized carbons (Fsp3) is 0.409. The molecule has 1 amide bonds. The molecule has 0 radical (unpaired) electrons. The lowest BCUT2D eigenvalue weighted by molar-refractivity contribution is 0.0798. The Balaban J connectivity index is 1.65. The summed E-state index contributed by atoms with van der Waals surface area (Å²) in [5, 5.41) is 13.5. The minimum Gasteiger partial charge on any atom is -0.497 e. The van der Waals surface area contributed by atoms with E-state index in [9.17, 15) is 9.90 Å². The molecule has 1 saturated heterocycles. The van der Waals surface area contributed by atoms with Crippen molar-refractivity contribution in [3.63, 3.8) is 0 Å². The molecule has 0 bridgehead atoms. The molecular weight excluding hydrogens is 356 g/mol. The van der Waals surface area contributed by atoms with Crippen LogP contribution in [0.3, 0.4) is 0 Å². The molecule has 0 unspecified atom stereocenters. The zero-order valence-electron chi connectivity index (χ0n) is 16.4. The van der Waals surface area contributed by atoms with E-state index in [2.05, 4.69) is 16.3 Å². The van der Waals surface area contributed by atoms with Gasteiger partial charge in [-0.25, -0.2) is 0 Å². The molecule has 1 heterocycles. The van der Waals surface area contributed by atoms with E-state index in [-0.39, 0.29) is 11.9 Å². The number of carbonyl (C=O) groups is 1. The third-order valence-corrected chi connectivity index (χ3v) is 5.10. The number of hydrogen-bond acceptors (Lipinski definition) is 5. The minimum absolute atomic E-state index is 0.185. The van der Waals surface area contributed by atoms with Crippen LogP contribution < -0.4 is 14.8 Å². The smallest absolute Gasteiger partial charge is 0.251 e. The number of amides is 1. The van der Waals surface area contributed by atoms with Crippen molar-refractivity contribution in [3.8, 4) is 11.5 Å². The monoisotopic (exact) mass is 384 g/mol. The van der Waals surface area contributed by atoms with Gasteiger partial charge >= 0.3 is 0 Å². The molecule has 3 rings (SSSR count). The van der Waals surface area contributed by atoms with E-state index in [1.54, 1.807) is 38.5 Å². The zero-order valence-corrected chi connectivity index (χ0v) is 16.4. The highest BCUT2D eigenvalue weighted by Gasteiger charge is 2.27. The van der Waals surface area contributed by atoms with Gasteiger partial charge in [-0.2, -0.15) is 0 Å². The maximum atomic E-state index is 12.6. The van der Waals surface area contributed by atoms with Gasteiger partial charge in [0, 0.05) is 18.7 Å². The molecule has 0 saturated carbocycles. The quantitative estimate of drug-likeness (QED) is 0.801. The predicted octanol–water partition coefficient (Wildman–Crippen LogP) is 2.46. The topological polar surface area (TPSA) is 71.0 Å². The van der Waals surface area contributed by atoms with Crippen molar-refractivity contribution in [2.45, 2.75) is 31.5 Å². The lowest BCUT2D eigenvalue weighted by Gasteiger charge is -2.27. The number of aliphatic hydroxyl groups is 1. The Morgan fingerprint density at radius 3 is 2.61 bits per heavy atom. The van der Waals surface area contributed by atoms with Gasteiger partial charge in [-0.1, -0.05) is 12.1 Å². The maximum absolute atomic E-state index is 12.6. The average Bonchev–Trinajstić information content (AvgIpc) is 2.89. The first-order valence-electron chi connectivity index (χ1n) is 9.57. The Morgan fingerprint density at radius 1 is 1.14 bits per heavy atom. The zero-order chi connectivity index (χ0) is 19.9. The number of hydrogen-bond donors (Lipinski definition) is 2. The van der Waals surface area contributed by atoms with Crippen molar-refractivity contribution in [2.24, 2.45) is 0 Å². The predicted molar refractivity (Wildman–Crippen MR) is 108 cm³/mol. The van der Waals surface area contributed by atoms with Gasteiger partial charge in [-0.05, 0) is 61.3 Å². The van der Waals surface area contributed by atoms with E-state index >= 15 is 0 Å². The van der Waals surface area contributed by atoms with E-state index in [1.165, 1.54) is 0 Å². The molecule has 6 nitrogen and oxygen atoms in total. The van der Waals surface area contributed by atoms with E-state index in [4.69, 9.17) is 9.47 Å². The highest BCUT2D eigenvalue weighted by Crippen LogP contribution is 2.18. The van der Waals surface area contributed by atoms with Crippen LogP contribution in [0, 0.1) is 0 Å². The molecule has 0 aromatic heterocycles. The molecule has 28 heavy (non-hydrogen) atoms. The molecule has 2 aromatic rings. The Hall–Kier alpha value is -2.57. The van der Waals surface area contributed by atoms with Crippen LogP contribution in [0.25, 0.3) is 0 Å². The van der Waals surface area contributed by atoms with Gasteiger partial charge in [0.1, 0.15) is 11.5 Å². The van der Waals surface area contributed by atoms with Crippen molar-refractivity contribution in [1.29, 1.82) is 0 Å². The number of likely N-dealkylation sites (tertiary alicyclic amines) is 1. The third-order valence-electron chi connectivity index (χ3n) is 5.10. The molecule has 1 aliphatic rings. The van der Waals surface area contributed by atoms with Crippen LogP contribution >= 0.6 is 0 Å². The molecule has 150 valence electrons. The van der Waals surface area contributed by atoms with Gasteiger partial charge in [-0.3, -0.25) is 9.69 Å². The molecule has 1 fully saturated rings. The van der Waals surface area contributed by atoms with Crippen LogP contribution in [0.2, 0.25) is 0 Å². The first-order valence-corrected chi connectivity index (χ1v) is 9.57. The number of aliphatic hydroxyl groups excluding tert-OH is 1. The fourth-order valence-corrected chi connectivity index (χ4v) is 3.52. The standard InChI is InChI=1S/C22H28N2O4/c1-27-18-10-8-17(9-11-18)22(26)23-20-15-24(12-4-7-21(20)25)14-16-5-3-6-19(13-16)28-2/h3,5-6,8-11,13,20-21,25H,4,7,12,14-15H2,1-2H3,(H,23,26)/t20-,21-/m1/s1. The highest BCUT2D eigenvalue weighted by atomic mass is 16.5. The molecule has 2 N–H and O–H groups in total. The fourth-order valence-electron chi connectivity index (χ4n) is 3.52. The van der Waals surface area contributed by atoms with Gasteiger partial charge in [0.25, 0.3) is 5.91 Å². The first-order chi connectivity index (χ1) is 13.6.